The summed E-state index contributed by atoms with van der Waals surface area (Å²) >= 11 is 1.99. The summed E-state index contributed by atoms with van der Waals surface area (Å²) in [6.07, 6.45) is 0. The summed E-state index contributed by atoms with van der Waals surface area (Å²) in [5, 5.41) is 20.5. The van der Waals surface area contributed by atoms with Gasteiger partial charge in [-0.2, -0.15) is 0 Å². The summed E-state index contributed by atoms with van der Waals surface area (Å²) in [5.74, 6) is 0. The second-order valence-electron chi connectivity index (χ2n) is 1.06. The molecule has 1 heterocycles. The number of rotatable bonds is 0. The third kappa shape index (κ3) is 1.38. The third-order valence-electron chi connectivity index (χ3n) is 0.499. The maximum atomic E-state index is 8.61. The van der Waals surface area contributed by atoms with Crippen LogP contribution in [0.1, 0.15) is 0 Å². The summed E-state index contributed by atoms with van der Waals surface area (Å²) in [4.78, 5) is 0. The Kier molecular flexibility index (Phi) is 1.34. The van der Waals surface area contributed by atoms with Gasteiger partial charge in [-0.1, -0.05) is 23.5 Å². The van der Waals surface area contributed by atoms with Gasteiger partial charge in [-0.3, -0.25) is 0 Å². The lowest BCUT2D eigenvalue weighted by Crippen LogP contribution is -2.12. The van der Waals surface area contributed by atoms with Gasteiger partial charge in [-0.25, -0.2) is 0 Å². The first-order valence-corrected chi connectivity index (χ1v) is 3.42. The maximum absolute atomic E-state index is 8.61. The zero-order chi connectivity index (χ0) is 5.33. The van der Waals surface area contributed by atoms with E-state index in [2.05, 4.69) is 0 Å². The van der Waals surface area contributed by atoms with Gasteiger partial charge < -0.3 is 10.2 Å². The van der Waals surface area contributed by atoms with Gasteiger partial charge in [0, 0.05) is 0 Å². The molecule has 0 unspecified atom stereocenters. The first-order valence-electron chi connectivity index (χ1n) is 1.66. The highest BCUT2D eigenvalue weighted by molar-refractivity contribution is 8.23. The lowest BCUT2D eigenvalue weighted by atomic mass is 11.3. The van der Waals surface area contributed by atoms with Crippen LogP contribution in [0.25, 0.3) is 0 Å². The Morgan fingerprint density at radius 3 is 1.71 bits per heavy atom. The van der Waals surface area contributed by atoms with E-state index in [4.69, 9.17) is 10.2 Å². The molecule has 0 spiro atoms. The highest BCUT2D eigenvalue weighted by Gasteiger charge is 2.25. The predicted molar refractivity (Wildman–Crippen MR) is 31.5 cm³/mol. The summed E-state index contributed by atoms with van der Waals surface area (Å²) in [6.45, 7) is 0. The van der Waals surface area contributed by atoms with Gasteiger partial charge in [0.25, 0.3) is 4.45 Å². The van der Waals surface area contributed by atoms with E-state index in [1.54, 1.807) is 10.8 Å². The molecule has 1 aliphatic rings. The second kappa shape index (κ2) is 1.70. The molecule has 1 aliphatic heterocycles. The van der Waals surface area contributed by atoms with Crippen LogP contribution in [0.2, 0.25) is 0 Å². The van der Waals surface area contributed by atoms with Crippen molar-refractivity contribution >= 4 is 23.5 Å². The van der Waals surface area contributed by atoms with Gasteiger partial charge in [-0.05, 0) is 10.8 Å². The number of thioether (sulfide) groups is 2. The smallest absolute Gasteiger partial charge is 0.272 e. The Morgan fingerprint density at radius 2 is 1.57 bits per heavy atom. The first kappa shape index (κ1) is 5.50. The Hall–Kier alpha value is 0.360. The normalized spacial score (nSPS) is 26.0. The highest BCUT2D eigenvalue weighted by atomic mass is 32.2. The molecule has 0 aliphatic carbocycles. The predicted octanol–water partition coefficient (Wildman–Crippen LogP) is 0.533. The van der Waals surface area contributed by atoms with Crippen LogP contribution in [-0.4, -0.2) is 14.7 Å². The van der Waals surface area contributed by atoms with Crippen molar-refractivity contribution in [3.05, 3.63) is 10.8 Å². The van der Waals surface area contributed by atoms with Crippen molar-refractivity contribution in [2.45, 2.75) is 4.45 Å². The Labute approximate surface area is 49.6 Å². The fraction of sp³-hybridized carbons (Fsp3) is 0.333. The minimum atomic E-state index is -1.58. The average molecular weight is 136 g/mol. The van der Waals surface area contributed by atoms with Gasteiger partial charge >= 0.3 is 0 Å². The van der Waals surface area contributed by atoms with E-state index in [1.807, 2.05) is 0 Å². The molecule has 7 heavy (non-hydrogen) atoms. The molecule has 0 bridgehead atoms. The molecule has 0 aromatic heterocycles. The number of aliphatic hydroxyl groups is 2. The monoisotopic (exact) mass is 136 g/mol. The lowest BCUT2D eigenvalue weighted by Gasteiger charge is -2.08. The van der Waals surface area contributed by atoms with Crippen molar-refractivity contribution in [2.24, 2.45) is 0 Å². The van der Waals surface area contributed by atoms with Gasteiger partial charge in [0.05, 0.1) is 0 Å². The molecular formula is C3H4O2S2. The third-order valence-corrected chi connectivity index (χ3v) is 2.41. The fourth-order valence-electron chi connectivity index (χ4n) is 0.261. The molecule has 4 heteroatoms. The van der Waals surface area contributed by atoms with Crippen molar-refractivity contribution < 1.29 is 10.2 Å². The minimum absolute atomic E-state index is 0.993. The molecule has 0 radical (unpaired) electrons. The van der Waals surface area contributed by atoms with Gasteiger partial charge in [-0.15, -0.1) is 0 Å². The molecule has 2 nitrogen and oxygen atoms in total. The van der Waals surface area contributed by atoms with E-state index in [9.17, 15) is 0 Å². The largest absolute Gasteiger partial charge is 0.348 e. The fourth-order valence-corrected chi connectivity index (χ4v) is 1.62. The van der Waals surface area contributed by atoms with Crippen LogP contribution in [0.15, 0.2) is 10.8 Å². The molecule has 1 rings (SSSR count). The SMILES string of the molecule is OC1(O)SC=CS1. The molecule has 0 atom stereocenters. The second-order valence-corrected chi connectivity index (χ2v) is 3.47. The quantitative estimate of drug-likeness (QED) is 0.477. The van der Waals surface area contributed by atoms with Crippen LogP contribution in [-0.2, 0) is 0 Å². The van der Waals surface area contributed by atoms with Gasteiger partial charge in [0.1, 0.15) is 0 Å². The van der Waals surface area contributed by atoms with Crippen LogP contribution in [0.4, 0.5) is 0 Å². The Balaban J connectivity index is 2.49. The average Bonchev–Trinajstić information content (AvgIpc) is 1.84. The van der Waals surface area contributed by atoms with E-state index in [0.717, 1.165) is 23.5 Å². The molecule has 0 amide bonds. The van der Waals surface area contributed by atoms with E-state index in [0.29, 0.717) is 0 Å². The van der Waals surface area contributed by atoms with Crippen molar-refractivity contribution in [1.29, 1.82) is 0 Å². The lowest BCUT2D eigenvalue weighted by molar-refractivity contribution is 0.00882. The molecule has 40 valence electrons. The Bertz CT molecular complexity index is 89.1. The first-order chi connectivity index (χ1) is 3.21. The zero-order valence-corrected chi connectivity index (χ0v) is 5.00. The highest BCUT2D eigenvalue weighted by Crippen LogP contribution is 2.39. The Morgan fingerprint density at radius 1 is 1.14 bits per heavy atom. The van der Waals surface area contributed by atoms with Crippen molar-refractivity contribution in [3.63, 3.8) is 0 Å². The van der Waals surface area contributed by atoms with E-state index in [1.165, 1.54) is 0 Å². The molecule has 2 N–H and O–H groups in total. The van der Waals surface area contributed by atoms with Crippen molar-refractivity contribution in [3.8, 4) is 0 Å². The molecule has 0 saturated heterocycles. The van der Waals surface area contributed by atoms with Gasteiger partial charge in [0.15, 0.2) is 0 Å². The molecule has 0 aromatic rings. The summed E-state index contributed by atoms with van der Waals surface area (Å²) in [5.41, 5.74) is 0. The molecule has 0 aromatic carbocycles. The maximum Gasteiger partial charge on any atom is 0.272 e. The van der Waals surface area contributed by atoms with Crippen LogP contribution in [0, 0.1) is 0 Å². The van der Waals surface area contributed by atoms with E-state index >= 15 is 0 Å². The number of hydrogen-bond donors (Lipinski definition) is 2. The summed E-state index contributed by atoms with van der Waals surface area (Å²) in [7, 11) is 0. The summed E-state index contributed by atoms with van der Waals surface area (Å²) < 4.78 is -1.58. The summed E-state index contributed by atoms with van der Waals surface area (Å²) in [6, 6.07) is 0. The van der Waals surface area contributed by atoms with Gasteiger partial charge in [0.2, 0.25) is 0 Å². The van der Waals surface area contributed by atoms with Crippen molar-refractivity contribution in [2.75, 3.05) is 0 Å². The van der Waals surface area contributed by atoms with Crippen LogP contribution in [0.3, 0.4) is 0 Å². The standard InChI is InChI=1S/C3H4O2S2/c4-3(5)6-1-2-7-3/h1-2,4-5H. The van der Waals surface area contributed by atoms with E-state index in [-0.39, 0.29) is 0 Å². The van der Waals surface area contributed by atoms with Crippen molar-refractivity contribution in [1.82, 2.24) is 0 Å². The van der Waals surface area contributed by atoms with Crippen LogP contribution < -0.4 is 0 Å². The topological polar surface area (TPSA) is 40.5 Å². The molecule has 0 fully saturated rings. The molecule has 0 saturated carbocycles. The minimum Gasteiger partial charge on any atom is -0.348 e. The molecular weight excluding hydrogens is 132 g/mol. The van der Waals surface area contributed by atoms with Crippen LogP contribution in [0.5, 0.6) is 0 Å². The van der Waals surface area contributed by atoms with Crippen LogP contribution >= 0.6 is 23.5 Å². The van der Waals surface area contributed by atoms with E-state index < -0.39 is 4.45 Å². The zero-order valence-electron chi connectivity index (χ0n) is 3.37. The number of hydrogen-bond acceptors (Lipinski definition) is 4.